The van der Waals surface area contributed by atoms with Crippen LogP contribution in [-0.4, -0.2) is 66.2 Å². The highest BCUT2D eigenvalue weighted by atomic mass is 32.2. The first-order valence-corrected chi connectivity index (χ1v) is 13.0. The zero-order valence-corrected chi connectivity index (χ0v) is 20.9. The summed E-state index contributed by atoms with van der Waals surface area (Å²) in [5, 5.41) is 19.3. The van der Waals surface area contributed by atoms with E-state index >= 15 is 0 Å². The van der Waals surface area contributed by atoms with E-state index in [0.717, 1.165) is 27.0 Å². The molecule has 5 rings (SSSR count). The van der Waals surface area contributed by atoms with E-state index in [4.69, 9.17) is 5.73 Å². The number of carbonyl (C=O) groups excluding carboxylic acids is 3. The van der Waals surface area contributed by atoms with Crippen LogP contribution in [0.4, 0.5) is 9.52 Å². The van der Waals surface area contributed by atoms with Crippen LogP contribution >= 0.6 is 34.6 Å². The minimum atomic E-state index is -1.48. The highest BCUT2D eigenvalue weighted by molar-refractivity contribution is 8.00. The molecule has 1 saturated heterocycles. The Kier molecular flexibility index (Phi) is 6.35. The maximum atomic E-state index is 12.9. The number of halogens is 1. The maximum Gasteiger partial charge on any atom is 0.278 e. The van der Waals surface area contributed by atoms with Crippen molar-refractivity contribution in [3.8, 4) is 0 Å². The SMILES string of the molecule is Cc1csc2c[n+](CC3=C(C(=O)[O-])N4C(=O)[C@@H](NC(=O)/C(=N\OCF)c5nsc(N)n5)[C@H]4SC3)cn12. The molecule has 0 aliphatic carbocycles. The number of fused-ring (bicyclic) bond motifs is 2. The third-order valence-electron chi connectivity index (χ3n) is 5.48. The van der Waals surface area contributed by atoms with Gasteiger partial charge in [0.25, 0.3) is 18.7 Å². The van der Waals surface area contributed by atoms with Crippen molar-refractivity contribution in [2.24, 2.45) is 5.16 Å². The second-order valence-corrected chi connectivity index (χ2v) is 10.5. The van der Waals surface area contributed by atoms with Crippen LogP contribution in [0.15, 0.2) is 34.3 Å². The van der Waals surface area contributed by atoms with Crippen molar-refractivity contribution in [2.75, 3.05) is 18.3 Å². The number of thioether (sulfide) groups is 1. The minimum Gasteiger partial charge on any atom is -0.543 e. The molecule has 0 aromatic carbocycles. The van der Waals surface area contributed by atoms with Crippen LogP contribution in [0, 0.1) is 6.92 Å². The predicted molar refractivity (Wildman–Crippen MR) is 125 cm³/mol. The Labute approximate surface area is 214 Å². The van der Waals surface area contributed by atoms with Gasteiger partial charge in [0.05, 0.1) is 11.7 Å². The Balaban J connectivity index is 1.35. The number of carboxylic acid groups (broad SMARTS) is 1. The Hall–Kier alpha value is -3.57. The lowest BCUT2D eigenvalue weighted by Crippen LogP contribution is -2.71. The zero-order valence-electron chi connectivity index (χ0n) is 18.4. The number of nitrogens with zero attached hydrogens (tertiary/aromatic N) is 6. The molecular formula is C19H17FN8O5S3. The van der Waals surface area contributed by atoms with Gasteiger partial charge >= 0.3 is 0 Å². The molecule has 0 saturated carbocycles. The number of hydrogen-bond donors (Lipinski definition) is 2. The lowest BCUT2D eigenvalue weighted by atomic mass is 10.0. The maximum absolute atomic E-state index is 12.9. The van der Waals surface area contributed by atoms with Crippen molar-refractivity contribution in [1.82, 2.24) is 24.0 Å². The zero-order chi connectivity index (χ0) is 25.6. The van der Waals surface area contributed by atoms with Crippen LogP contribution in [0.3, 0.4) is 0 Å². The van der Waals surface area contributed by atoms with Gasteiger partial charge in [-0.3, -0.25) is 14.5 Å². The third kappa shape index (κ3) is 4.18. The summed E-state index contributed by atoms with van der Waals surface area (Å²) in [5.41, 5.74) is 6.42. The summed E-state index contributed by atoms with van der Waals surface area (Å²) in [6.45, 7) is 0.921. The molecule has 1 fully saturated rings. The molecule has 3 N–H and O–H groups in total. The summed E-state index contributed by atoms with van der Waals surface area (Å²) >= 11 is 3.66. The van der Waals surface area contributed by atoms with E-state index in [2.05, 4.69) is 24.7 Å². The van der Waals surface area contributed by atoms with E-state index in [1.54, 1.807) is 11.3 Å². The third-order valence-corrected chi connectivity index (χ3v) is 8.37. The number of aromatic nitrogens is 4. The van der Waals surface area contributed by atoms with Crippen molar-refractivity contribution in [3.05, 3.63) is 40.7 Å². The van der Waals surface area contributed by atoms with Crippen LogP contribution < -0.4 is 20.7 Å². The number of carboxylic acids is 1. The molecule has 2 aliphatic heterocycles. The summed E-state index contributed by atoms with van der Waals surface area (Å²) < 4.78 is 20.2. The van der Waals surface area contributed by atoms with Gasteiger partial charge in [0.15, 0.2) is 5.13 Å². The van der Waals surface area contributed by atoms with Gasteiger partial charge in [-0.2, -0.15) is 13.8 Å². The van der Waals surface area contributed by atoms with Gasteiger partial charge in [-0.15, -0.1) is 11.8 Å². The summed E-state index contributed by atoms with van der Waals surface area (Å²) in [6.07, 6.45) is 3.76. The van der Waals surface area contributed by atoms with Gasteiger partial charge in [-0.1, -0.05) is 16.5 Å². The van der Waals surface area contributed by atoms with Crippen molar-refractivity contribution in [3.63, 3.8) is 0 Å². The molecule has 5 heterocycles. The van der Waals surface area contributed by atoms with E-state index in [-0.39, 0.29) is 23.2 Å². The smallest absolute Gasteiger partial charge is 0.278 e. The number of rotatable bonds is 8. The van der Waals surface area contributed by atoms with Crippen LogP contribution in [0.25, 0.3) is 4.83 Å². The normalized spacial score (nSPS) is 19.9. The van der Waals surface area contributed by atoms with E-state index in [1.165, 1.54) is 11.8 Å². The standard InChI is InChI=1S/C19H17FN8O5S3/c1-8-4-34-10-3-26(7-27(8)10)2-9-5-35-17-12(16(30)28(17)13(9)18(31)32)22-15(29)11(24-33-6-20)14-23-19(21)36-25-14/h3-4,7,12,17H,2,5-6H2,1H3,(H3-,21,22,23,25,29,31,32)/b24-11-/t12-,17-/m1/s1. The summed E-state index contributed by atoms with van der Waals surface area (Å²) in [7, 11) is 0. The number of aliphatic carboxylic acids is 1. The molecule has 0 bridgehead atoms. The Morgan fingerprint density at radius 1 is 1.47 bits per heavy atom. The molecule has 13 nitrogen and oxygen atoms in total. The quantitative estimate of drug-likeness (QED) is 0.150. The summed E-state index contributed by atoms with van der Waals surface area (Å²) in [6, 6.07) is -1.06. The van der Waals surface area contributed by atoms with Crippen molar-refractivity contribution < 1.29 is 33.3 Å². The van der Waals surface area contributed by atoms with Gasteiger partial charge in [0.2, 0.25) is 22.7 Å². The number of thiazole rings is 1. The van der Waals surface area contributed by atoms with Crippen LogP contribution in [0.1, 0.15) is 11.5 Å². The summed E-state index contributed by atoms with van der Waals surface area (Å²) in [5.74, 6) is -2.90. The topological polar surface area (TPSA) is 171 Å². The molecule has 2 amide bonds. The number of oxime groups is 1. The lowest BCUT2D eigenvalue weighted by Gasteiger charge is -2.50. The number of hydrogen-bond acceptors (Lipinski definition) is 12. The number of nitrogens with two attached hydrogens (primary N) is 1. The average molecular weight is 553 g/mol. The molecule has 3 aromatic rings. The van der Waals surface area contributed by atoms with Gasteiger partial charge in [0.1, 0.15) is 29.9 Å². The number of β-lactam (4-membered cyclic amide) rings is 1. The molecular weight excluding hydrogens is 535 g/mol. The molecule has 2 aliphatic rings. The van der Waals surface area contributed by atoms with Crippen LogP contribution in [0.5, 0.6) is 0 Å². The number of anilines is 1. The molecule has 0 spiro atoms. The molecule has 2 atom stereocenters. The Morgan fingerprint density at radius 3 is 2.94 bits per heavy atom. The molecule has 0 unspecified atom stereocenters. The Bertz CT molecular complexity index is 1450. The number of nitrogens with one attached hydrogen (secondary N) is 1. The van der Waals surface area contributed by atoms with E-state index < -0.39 is 41.8 Å². The number of carbonyl (C=O) groups is 3. The van der Waals surface area contributed by atoms with Crippen molar-refractivity contribution >= 4 is 68.1 Å². The second-order valence-electron chi connectivity index (χ2n) is 7.74. The van der Waals surface area contributed by atoms with E-state index in [0.29, 0.717) is 11.3 Å². The van der Waals surface area contributed by atoms with Gasteiger partial charge in [-0.25, -0.2) is 8.96 Å². The van der Waals surface area contributed by atoms with Gasteiger partial charge < -0.3 is 25.8 Å². The molecule has 3 aromatic heterocycles. The first kappa shape index (κ1) is 24.1. The fraction of sp³-hybridized carbons (Fsp3) is 0.316. The van der Waals surface area contributed by atoms with Gasteiger partial charge in [-0.05, 0) is 6.92 Å². The Morgan fingerprint density at radius 2 is 2.28 bits per heavy atom. The number of alkyl halides is 1. The summed E-state index contributed by atoms with van der Waals surface area (Å²) in [4.78, 5) is 48.1. The fourth-order valence-corrected chi connectivity index (χ4v) is 6.59. The van der Waals surface area contributed by atoms with Gasteiger partial charge in [0, 0.05) is 28.2 Å². The molecule has 17 heteroatoms. The minimum absolute atomic E-state index is 0.0480. The van der Waals surface area contributed by atoms with E-state index in [1.807, 2.05) is 33.8 Å². The van der Waals surface area contributed by atoms with Crippen molar-refractivity contribution in [1.29, 1.82) is 0 Å². The predicted octanol–water partition coefficient (Wildman–Crippen LogP) is -1.22. The monoisotopic (exact) mass is 552 g/mol. The highest BCUT2D eigenvalue weighted by Crippen LogP contribution is 2.40. The highest BCUT2D eigenvalue weighted by Gasteiger charge is 2.53. The number of nitrogen functional groups attached to an aromatic ring is 1. The van der Waals surface area contributed by atoms with E-state index in [9.17, 15) is 23.9 Å². The molecule has 0 radical (unpaired) electrons. The van der Waals surface area contributed by atoms with Crippen molar-refractivity contribution in [2.45, 2.75) is 24.9 Å². The fourth-order valence-electron chi connectivity index (χ4n) is 3.91. The molecule has 36 heavy (non-hydrogen) atoms. The second kappa shape index (κ2) is 9.47. The van der Waals surface area contributed by atoms with Crippen LogP contribution in [-0.2, 0) is 25.8 Å². The largest absolute Gasteiger partial charge is 0.543 e. The first-order chi connectivity index (χ1) is 17.3. The number of amides is 2. The number of imidazole rings is 1. The number of aryl methyl sites for hydroxylation is 1. The lowest BCUT2D eigenvalue weighted by molar-refractivity contribution is -0.687. The van der Waals surface area contributed by atoms with Crippen LogP contribution in [0.2, 0.25) is 0 Å². The molecule has 188 valence electrons. The average Bonchev–Trinajstić information content (AvgIpc) is 3.55. The first-order valence-electron chi connectivity index (χ1n) is 10.3.